The topological polar surface area (TPSA) is 51.8 Å². The summed E-state index contributed by atoms with van der Waals surface area (Å²) < 4.78 is 6.20. The monoisotopic (exact) mass is 651 g/mol. The van der Waals surface area contributed by atoms with Crippen molar-refractivity contribution in [1.82, 2.24) is 15.0 Å². The maximum Gasteiger partial charge on any atom is 0.164 e. The summed E-state index contributed by atoms with van der Waals surface area (Å²) in [5.41, 5.74) is 9.18. The second kappa shape index (κ2) is 11.9. The summed E-state index contributed by atoms with van der Waals surface area (Å²) in [6.45, 7) is 0. The molecule has 0 radical (unpaired) electrons. The van der Waals surface area contributed by atoms with Gasteiger partial charge < -0.3 is 4.42 Å². The zero-order valence-electron chi connectivity index (χ0n) is 27.5. The number of fused-ring (bicyclic) bond motifs is 5. The van der Waals surface area contributed by atoms with Gasteiger partial charge in [0.25, 0.3) is 0 Å². The molecule has 0 aliphatic heterocycles. The van der Waals surface area contributed by atoms with E-state index in [2.05, 4.69) is 115 Å². The molecule has 10 rings (SSSR count). The highest BCUT2D eigenvalue weighted by Crippen LogP contribution is 2.38. The van der Waals surface area contributed by atoms with E-state index in [0.717, 1.165) is 49.8 Å². The van der Waals surface area contributed by atoms with Gasteiger partial charge in [-0.2, -0.15) is 0 Å². The predicted octanol–water partition coefficient (Wildman–Crippen LogP) is 12.4. The fourth-order valence-corrected chi connectivity index (χ4v) is 7.27. The fraction of sp³-hybridized carbons (Fsp3) is 0. The third-order valence-electron chi connectivity index (χ3n) is 9.75. The Hall–Kier alpha value is -6.91. The SMILES string of the molecule is c1ccc(-c2nc(-c3ccc(-c4ccc5c(-c6cccc7ccccc67)cccc5c4)cc3)nc(-c3cccc4oc5ccccc5c34)n2)cc1. The number of para-hydroxylation sites is 1. The van der Waals surface area contributed by atoms with Crippen LogP contribution in [-0.2, 0) is 0 Å². The average molecular weight is 652 g/mol. The summed E-state index contributed by atoms with van der Waals surface area (Å²) in [7, 11) is 0. The van der Waals surface area contributed by atoms with Crippen LogP contribution in [0.5, 0.6) is 0 Å². The van der Waals surface area contributed by atoms with E-state index in [1.165, 1.54) is 32.7 Å². The van der Waals surface area contributed by atoms with Gasteiger partial charge in [0.2, 0.25) is 0 Å². The second-order valence-electron chi connectivity index (χ2n) is 12.8. The van der Waals surface area contributed by atoms with Gasteiger partial charge in [0.15, 0.2) is 17.5 Å². The number of rotatable bonds is 5. The first-order valence-corrected chi connectivity index (χ1v) is 17.1. The van der Waals surface area contributed by atoms with Gasteiger partial charge in [-0.25, -0.2) is 15.0 Å². The minimum absolute atomic E-state index is 0.608. The van der Waals surface area contributed by atoms with Crippen molar-refractivity contribution >= 4 is 43.5 Å². The third-order valence-corrected chi connectivity index (χ3v) is 9.75. The van der Waals surface area contributed by atoms with Crippen molar-refractivity contribution in [3.05, 3.63) is 176 Å². The van der Waals surface area contributed by atoms with Crippen LogP contribution in [0.4, 0.5) is 0 Å². The van der Waals surface area contributed by atoms with Crippen molar-refractivity contribution in [2.24, 2.45) is 0 Å². The molecular weight excluding hydrogens is 623 g/mol. The van der Waals surface area contributed by atoms with E-state index in [9.17, 15) is 0 Å². The summed E-state index contributed by atoms with van der Waals surface area (Å²) in [5, 5.41) is 6.99. The van der Waals surface area contributed by atoms with Crippen molar-refractivity contribution in [3.8, 4) is 56.4 Å². The molecule has 8 aromatic carbocycles. The fourth-order valence-electron chi connectivity index (χ4n) is 7.27. The molecule has 4 heteroatoms. The molecule has 0 saturated heterocycles. The molecule has 0 unspecified atom stereocenters. The number of furan rings is 1. The van der Waals surface area contributed by atoms with Crippen LogP contribution in [0.3, 0.4) is 0 Å². The van der Waals surface area contributed by atoms with E-state index < -0.39 is 0 Å². The van der Waals surface area contributed by atoms with Crippen LogP contribution in [0.1, 0.15) is 0 Å². The van der Waals surface area contributed by atoms with E-state index >= 15 is 0 Å². The highest BCUT2D eigenvalue weighted by molar-refractivity contribution is 6.12. The lowest BCUT2D eigenvalue weighted by molar-refractivity contribution is 0.669. The van der Waals surface area contributed by atoms with Crippen LogP contribution in [0.2, 0.25) is 0 Å². The van der Waals surface area contributed by atoms with Crippen molar-refractivity contribution < 1.29 is 4.42 Å². The average Bonchev–Trinajstić information content (AvgIpc) is 3.59. The Labute approximate surface area is 294 Å². The molecule has 0 spiro atoms. The molecule has 0 fully saturated rings. The molecule has 2 aromatic heterocycles. The molecule has 0 bridgehead atoms. The van der Waals surface area contributed by atoms with Gasteiger partial charge in [0.1, 0.15) is 11.2 Å². The molecule has 4 nitrogen and oxygen atoms in total. The van der Waals surface area contributed by atoms with Crippen LogP contribution in [0.15, 0.2) is 180 Å². The number of nitrogens with zero attached hydrogens (tertiary/aromatic N) is 3. The second-order valence-corrected chi connectivity index (χ2v) is 12.8. The van der Waals surface area contributed by atoms with Crippen molar-refractivity contribution in [2.45, 2.75) is 0 Å². The summed E-state index contributed by atoms with van der Waals surface area (Å²) in [6, 6.07) is 61.2. The maximum absolute atomic E-state index is 6.20. The Bertz CT molecular complexity index is 2900. The van der Waals surface area contributed by atoms with Gasteiger partial charge in [-0.15, -0.1) is 0 Å². The molecule has 0 aliphatic rings. The Morgan fingerprint density at radius 3 is 1.65 bits per heavy atom. The molecule has 10 aromatic rings. The summed E-state index contributed by atoms with van der Waals surface area (Å²) >= 11 is 0. The smallest absolute Gasteiger partial charge is 0.164 e. The summed E-state index contributed by atoms with van der Waals surface area (Å²) in [5.74, 6) is 1.85. The third kappa shape index (κ3) is 5.04. The molecule has 0 saturated carbocycles. The first-order valence-electron chi connectivity index (χ1n) is 17.1. The standard InChI is InChI=1S/C47H29N3O/c1-2-12-32(13-3-1)45-48-46(50-47(49-45)41-20-10-22-43-44(41)40-17-6-7-21-42(40)51-43)33-25-23-30(24-26-33)34-27-28-37-35(29-34)15-9-19-39(37)38-18-8-14-31-11-4-5-16-36(31)38/h1-29H. The highest BCUT2D eigenvalue weighted by atomic mass is 16.3. The van der Waals surface area contributed by atoms with Gasteiger partial charge in [0, 0.05) is 27.5 Å². The lowest BCUT2D eigenvalue weighted by Crippen LogP contribution is -2.00. The van der Waals surface area contributed by atoms with E-state index in [1.54, 1.807) is 0 Å². The molecule has 0 aliphatic carbocycles. The van der Waals surface area contributed by atoms with E-state index in [-0.39, 0.29) is 0 Å². The lowest BCUT2D eigenvalue weighted by atomic mass is 9.92. The molecular formula is C47H29N3O. The molecule has 0 amide bonds. The molecule has 238 valence electrons. The quantitative estimate of drug-likeness (QED) is 0.186. The number of benzene rings is 8. The van der Waals surface area contributed by atoms with Gasteiger partial charge in [0.05, 0.1) is 0 Å². The zero-order valence-corrected chi connectivity index (χ0v) is 27.5. The number of hydrogen-bond acceptors (Lipinski definition) is 4. The molecule has 2 heterocycles. The molecule has 51 heavy (non-hydrogen) atoms. The summed E-state index contributed by atoms with van der Waals surface area (Å²) in [4.78, 5) is 15.1. The van der Waals surface area contributed by atoms with E-state index in [1.807, 2.05) is 60.7 Å². The minimum Gasteiger partial charge on any atom is -0.456 e. The van der Waals surface area contributed by atoms with Crippen LogP contribution in [0.25, 0.3) is 99.9 Å². The van der Waals surface area contributed by atoms with Crippen LogP contribution in [-0.4, -0.2) is 15.0 Å². The zero-order chi connectivity index (χ0) is 33.7. The van der Waals surface area contributed by atoms with Crippen molar-refractivity contribution in [3.63, 3.8) is 0 Å². The van der Waals surface area contributed by atoms with Gasteiger partial charge in [-0.05, 0) is 62.0 Å². The first-order chi connectivity index (χ1) is 25.3. The maximum atomic E-state index is 6.20. The normalized spacial score (nSPS) is 11.5. The Balaban J connectivity index is 1.06. The van der Waals surface area contributed by atoms with Crippen LogP contribution in [0, 0.1) is 0 Å². The summed E-state index contributed by atoms with van der Waals surface area (Å²) in [6.07, 6.45) is 0. The Morgan fingerprint density at radius 1 is 0.314 bits per heavy atom. The molecule has 0 atom stereocenters. The van der Waals surface area contributed by atoms with Crippen molar-refractivity contribution in [2.75, 3.05) is 0 Å². The first kappa shape index (κ1) is 29.0. The Morgan fingerprint density at radius 2 is 0.843 bits per heavy atom. The predicted molar refractivity (Wildman–Crippen MR) is 209 cm³/mol. The highest BCUT2D eigenvalue weighted by Gasteiger charge is 2.18. The lowest BCUT2D eigenvalue weighted by Gasteiger charge is -2.12. The van der Waals surface area contributed by atoms with Gasteiger partial charge in [-0.1, -0.05) is 158 Å². The number of aromatic nitrogens is 3. The minimum atomic E-state index is 0.608. The van der Waals surface area contributed by atoms with Crippen LogP contribution >= 0.6 is 0 Å². The Kier molecular flexibility index (Phi) is 6.78. The van der Waals surface area contributed by atoms with Crippen molar-refractivity contribution in [1.29, 1.82) is 0 Å². The van der Waals surface area contributed by atoms with Gasteiger partial charge >= 0.3 is 0 Å². The van der Waals surface area contributed by atoms with Crippen LogP contribution < -0.4 is 0 Å². The molecule has 0 N–H and O–H groups in total. The van der Waals surface area contributed by atoms with Gasteiger partial charge in [-0.3, -0.25) is 0 Å². The van der Waals surface area contributed by atoms with E-state index in [4.69, 9.17) is 19.4 Å². The largest absolute Gasteiger partial charge is 0.456 e. The van der Waals surface area contributed by atoms with E-state index in [0.29, 0.717) is 17.5 Å². The number of hydrogen-bond donors (Lipinski definition) is 0.